The van der Waals surface area contributed by atoms with E-state index in [4.69, 9.17) is 5.73 Å². The summed E-state index contributed by atoms with van der Waals surface area (Å²) >= 11 is 2.85. The van der Waals surface area contributed by atoms with Crippen LogP contribution < -0.4 is 5.73 Å². The smallest absolute Gasteiger partial charge is 0.398 e. The van der Waals surface area contributed by atoms with Gasteiger partial charge in [-0.3, -0.25) is 0 Å². The molecule has 0 saturated heterocycles. The molecule has 1 rings (SSSR count). The molecule has 0 radical (unpaired) electrons. The fourth-order valence-corrected chi connectivity index (χ4v) is 2.13. The van der Waals surface area contributed by atoms with E-state index in [1.54, 1.807) is 0 Å². The van der Waals surface area contributed by atoms with E-state index in [0.29, 0.717) is 0 Å². The number of hydrogen-bond acceptors (Lipinski definition) is 3. The molecule has 0 aliphatic heterocycles. The van der Waals surface area contributed by atoms with E-state index in [1.807, 2.05) is 0 Å². The quantitative estimate of drug-likeness (QED) is 0.810. The molecule has 0 saturated carbocycles. The zero-order chi connectivity index (χ0) is 11.9. The lowest BCUT2D eigenvalue weighted by Gasteiger charge is -2.08. The highest BCUT2D eigenvalue weighted by Gasteiger charge is 2.46. The van der Waals surface area contributed by atoms with Gasteiger partial charge in [0, 0.05) is 10.2 Å². The van der Waals surface area contributed by atoms with Crippen LogP contribution >= 0.6 is 15.9 Å². The highest BCUT2D eigenvalue weighted by molar-refractivity contribution is 9.10. The second kappa shape index (κ2) is 3.67. The van der Waals surface area contributed by atoms with Gasteiger partial charge in [0.05, 0.1) is 4.90 Å². The number of alkyl halides is 3. The highest BCUT2D eigenvalue weighted by Crippen LogP contribution is 2.32. The van der Waals surface area contributed by atoms with Crippen LogP contribution in [0.2, 0.25) is 0 Å². The highest BCUT2D eigenvalue weighted by atomic mass is 79.9. The third-order valence-electron chi connectivity index (χ3n) is 1.59. The number of nitrogen functional groups attached to an aromatic ring is 1. The summed E-state index contributed by atoms with van der Waals surface area (Å²) in [4.78, 5) is -0.837. The molecule has 0 aromatic heterocycles. The molecule has 2 N–H and O–H groups in total. The Hall–Kier alpha value is -0.760. The minimum absolute atomic E-state index is 0.104. The molecule has 1 aromatic rings. The molecule has 0 atom stereocenters. The topological polar surface area (TPSA) is 60.2 Å². The van der Waals surface area contributed by atoms with Gasteiger partial charge in [0.1, 0.15) is 0 Å². The molecule has 0 fully saturated rings. The van der Waals surface area contributed by atoms with Crippen LogP contribution in [0, 0.1) is 0 Å². The summed E-state index contributed by atoms with van der Waals surface area (Å²) in [6.07, 6.45) is 0. The van der Waals surface area contributed by atoms with Crippen molar-refractivity contribution in [1.82, 2.24) is 0 Å². The van der Waals surface area contributed by atoms with Crippen molar-refractivity contribution >= 4 is 31.5 Å². The van der Waals surface area contributed by atoms with Gasteiger partial charge in [0.25, 0.3) is 9.84 Å². The molecular formula is C7H5BrF3NO2S. The van der Waals surface area contributed by atoms with E-state index >= 15 is 0 Å². The van der Waals surface area contributed by atoms with Gasteiger partial charge in [0.2, 0.25) is 0 Å². The van der Waals surface area contributed by atoms with Crippen molar-refractivity contribution in [2.75, 3.05) is 5.73 Å². The van der Waals surface area contributed by atoms with Crippen LogP contribution in [0.1, 0.15) is 0 Å². The first-order valence-corrected chi connectivity index (χ1v) is 5.80. The van der Waals surface area contributed by atoms with Crippen molar-refractivity contribution in [3.8, 4) is 0 Å². The molecule has 8 heteroatoms. The van der Waals surface area contributed by atoms with Crippen LogP contribution in [0.3, 0.4) is 0 Å². The molecule has 3 nitrogen and oxygen atoms in total. The average molecular weight is 304 g/mol. The molecule has 0 bridgehead atoms. The number of sulfone groups is 1. The molecule has 0 unspecified atom stereocenters. The fraction of sp³-hybridized carbons (Fsp3) is 0.143. The van der Waals surface area contributed by atoms with Crippen molar-refractivity contribution in [2.45, 2.75) is 10.4 Å². The number of benzene rings is 1. The van der Waals surface area contributed by atoms with Gasteiger partial charge in [-0.05, 0) is 34.1 Å². The number of anilines is 1. The Labute approximate surface area is 92.1 Å². The maximum absolute atomic E-state index is 12.1. The van der Waals surface area contributed by atoms with Crippen molar-refractivity contribution in [1.29, 1.82) is 0 Å². The first kappa shape index (κ1) is 12.3. The van der Waals surface area contributed by atoms with Crippen LogP contribution in [0.4, 0.5) is 18.9 Å². The summed E-state index contributed by atoms with van der Waals surface area (Å²) in [6, 6.07) is 2.71. The number of nitrogens with two attached hydrogens (primary N) is 1. The number of hydrogen-bond donors (Lipinski definition) is 1. The van der Waals surface area contributed by atoms with E-state index in [9.17, 15) is 21.6 Å². The molecule has 0 heterocycles. The van der Waals surface area contributed by atoms with E-state index in [-0.39, 0.29) is 10.2 Å². The monoisotopic (exact) mass is 303 g/mol. The predicted octanol–water partition coefficient (Wildman–Crippen LogP) is 2.32. The van der Waals surface area contributed by atoms with E-state index in [2.05, 4.69) is 15.9 Å². The summed E-state index contributed by atoms with van der Waals surface area (Å²) in [5, 5.41) is 0. The number of halogens is 4. The summed E-state index contributed by atoms with van der Waals surface area (Å²) in [5.41, 5.74) is 0.178. The van der Waals surface area contributed by atoms with Gasteiger partial charge < -0.3 is 5.73 Å². The third-order valence-corrected chi connectivity index (χ3v) is 3.76. The van der Waals surface area contributed by atoms with Crippen molar-refractivity contribution < 1.29 is 21.6 Å². The molecule has 0 aliphatic carbocycles. The lowest BCUT2D eigenvalue weighted by atomic mass is 10.3. The molecular weight excluding hydrogens is 299 g/mol. The van der Waals surface area contributed by atoms with Crippen LogP contribution in [0.25, 0.3) is 0 Å². The first-order chi connectivity index (χ1) is 6.66. The normalized spacial score (nSPS) is 12.8. The number of rotatable bonds is 1. The van der Waals surface area contributed by atoms with Gasteiger partial charge in [-0.2, -0.15) is 13.2 Å². The summed E-state index contributed by atoms with van der Waals surface area (Å²) in [6.45, 7) is 0. The maximum Gasteiger partial charge on any atom is 0.501 e. The van der Waals surface area contributed by atoms with Gasteiger partial charge in [0.15, 0.2) is 0 Å². The van der Waals surface area contributed by atoms with E-state index in [0.717, 1.165) is 18.2 Å². The minimum atomic E-state index is -5.30. The zero-order valence-corrected chi connectivity index (χ0v) is 9.45. The Balaban J connectivity index is 3.36. The molecule has 0 aliphatic rings. The summed E-state index contributed by atoms with van der Waals surface area (Å²) < 4.78 is 58.3. The lowest BCUT2D eigenvalue weighted by molar-refractivity contribution is -0.0436. The Kier molecular flexibility index (Phi) is 3.01. The average Bonchev–Trinajstić information content (AvgIpc) is 2.07. The largest absolute Gasteiger partial charge is 0.501 e. The molecule has 0 amide bonds. The van der Waals surface area contributed by atoms with Crippen molar-refractivity contribution in [2.24, 2.45) is 0 Å². The SMILES string of the molecule is Nc1ccc(S(=O)(=O)C(F)(F)F)cc1Br. The maximum atomic E-state index is 12.1. The minimum Gasteiger partial charge on any atom is -0.398 e. The van der Waals surface area contributed by atoms with Crippen LogP contribution in [-0.4, -0.2) is 13.9 Å². The molecule has 15 heavy (non-hydrogen) atoms. The first-order valence-electron chi connectivity index (χ1n) is 3.52. The molecule has 84 valence electrons. The Bertz CT molecular complexity index is 483. The van der Waals surface area contributed by atoms with E-state index < -0.39 is 20.2 Å². The van der Waals surface area contributed by atoms with Gasteiger partial charge in [-0.25, -0.2) is 8.42 Å². The van der Waals surface area contributed by atoms with Crippen molar-refractivity contribution in [3.63, 3.8) is 0 Å². The lowest BCUT2D eigenvalue weighted by Crippen LogP contribution is -2.23. The van der Waals surface area contributed by atoms with E-state index in [1.165, 1.54) is 0 Å². The Morgan fingerprint density at radius 1 is 1.27 bits per heavy atom. The third kappa shape index (κ3) is 2.25. The Morgan fingerprint density at radius 3 is 2.20 bits per heavy atom. The van der Waals surface area contributed by atoms with Gasteiger partial charge in [-0.1, -0.05) is 0 Å². The molecule has 1 aromatic carbocycles. The second-order valence-corrected chi connectivity index (χ2v) is 5.43. The van der Waals surface area contributed by atoms with Gasteiger partial charge >= 0.3 is 5.51 Å². The Morgan fingerprint density at radius 2 is 1.80 bits per heavy atom. The predicted molar refractivity (Wildman–Crippen MR) is 51.8 cm³/mol. The zero-order valence-electron chi connectivity index (χ0n) is 7.05. The van der Waals surface area contributed by atoms with Crippen LogP contribution in [0.15, 0.2) is 27.6 Å². The fourth-order valence-electron chi connectivity index (χ4n) is 0.809. The van der Waals surface area contributed by atoms with Crippen LogP contribution in [-0.2, 0) is 9.84 Å². The standard InChI is InChI=1S/C7H5BrF3NO2S/c8-5-3-4(1-2-6(5)12)15(13,14)7(9,10)11/h1-3H,12H2. The van der Waals surface area contributed by atoms with Crippen molar-refractivity contribution in [3.05, 3.63) is 22.7 Å². The van der Waals surface area contributed by atoms with Gasteiger partial charge in [-0.15, -0.1) is 0 Å². The second-order valence-electron chi connectivity index (χ2n) is 2.63. The molecule has 0 spiro atoms. The summed E-state index contributed by atoms with van der Waals surface area (Å²) in [5.74, 6) is 0. The summed E-state index contributed by atoms with van der Waals surface area (Å²) in [7, 11) is -5.30. The van der Waals surface area contributed by atoms with Crippen LogP contribution in [0.5, 0.6) is 0 Å².